The van der Waals surface area contributed by atoms with Gasteiger partial charge in [0.25, 0.3) is 0 Å². The van der Waals surface area contributed by atoms with E-state index in [9.17, 15) is 29.4 Å². The van der Waals surface area contributed by atoms with Crippen LogP contribution in [-0.4, -0.2) is 97.2 Å². The van der Waals surface area contributed by atoms with Gasteiger partial charge in [-0.05, 0) is 101 Å². The number of hydrogen-bond acceptors (Lipinski definition) is 10. The van der Waals surface area contributed by atoms with Crippen molar-refractivity contribution in [1.29, 1.82) is 0 Å². The molecule has 0 aliphatic carbocycles. The molecule has 10 nitrogen and oxygen atoms in total. The first kappa shape index (κ1) is 62.8. The van der Waals surface area contributed by atoms with Crippen LogP contribution in [0.3, 0.4) is 0 Å². The molecule has 364 valence electrons. The van der Waals surface area contributed by atoms with Crippen LogP contribution in [0.25, 0.3) is 0 Å². The van der Waals surface area contributed by atoms with Crippen LogP contribution in [-0.2, 0) is 51.3 Å². The van der Waals surface area contributed by atoms with Gasteiger partial charge >= 0.3 is 60.8 Å². The molecule has 65 heavy (non-hydrogen) atoms. The van der Waals surface area contributed by atoms with E-state index in [0.29, 0.717) is 26.1 Å². The van der Waals surface area contributed by atoms with Crippen LogP contribution in [0, 0.1) is 0 Å². The molecule has 0 aromatic heterocycles. The third-order valence-corrected chi connectivity index (χ3v) is 11.5. The minimum absolute atomic E-state index is 0. The molecule has 0 heterocycles. The molecule has 0 saturated heterocycles. The van der Waals surface area contributed by atoms with Gasteiger partial charge in [-0.1, -0.05) is 164 Å². The minimum atomic E-state index is -1.02. The van der Waals surface area contributed by atoms with Gasteiger partial charge < -0.3 is 38.7 Å². The average Bonchev–Trinajstić information content (AvgIpc) is 3.27. The van der Waals surface area contributed by atoms with Gasteiger partial charge in [-0.3, -0.25) is 9.59 Å². The molecular formula is C54H86BaO10. The largest absolute Gasteiger partial charge is 2.00 e. The third-order valence-electron chi connectivity index (χ3n) is 11.5. The van der Waals surface area contributed by atoms with Gasteiger partial charge in [0.05, 0.1) is 25.4 Å². The fourth-order valence-electron chi connectivity index (χ4n) is 7.90. The van der Waals surface area contributed by atoms with Crippen molar-refractivity contribution in [2.24, 2.45) is 0 Å². The quantitative estimate of drug-likeness (QED) is 0.0358. The number of hydrogen-bond donors (Lipinski definition) is 0. The number of aliphatic carboxylic acids is 2. The third kappa shape index (κ3) is 40.6. The van der Waals surface area contributed by atoms with Gasteiger partial charge in [0.2, 0.25) is 0 Å². The summed E-state index contributed by atoms with van der Waals surface area (Å²) in [7, 11) is 0. The second kappa shape index (κ2) is 44.3. The second-order valence-corrected chi connectivity index (χ2v) is 17.5. The number of rotatable bonds is 40. The van der Waals surface area contributed by atoms with Crippen molar-refractivity contribution in [2.45, 2.75) is 245 Å². The zero-order valence-electron chi connectivity index (χ0n) is 41.1. The maximum atomic E-state index is 11.3. The number of benzene rings is 2. The molecule has 0 aliphatic heterocycles. The molecule has 0 fully saturated rings. The first-order valence-electron chi connectivity index (χ1n) is 25.1. The molecule has 0 amide bonds. The minimum Gasteiger partial charge on any atom is -0.550 e. The molecule has 2 aromatic rings. The maximum Gasteiger partial charge on any atom is 2.00 e. The number of carbonyl (C=O) groups excluding carboxylic acids is 4. The summed E-state index contributed by atoms with van der Waals surface area (Å²) in [4.78, 5) is 44.4. The first-order valence-corrected chi connectivity index (χ1v) is 25.1. The fourth-order valence-corrected chi connectivity index (χ4v) is 7.90. The topological polar surface area (TPSA) is 151 Å². The molecule has 0 N–H and O–H groups in total. The van der Waals surface area contributed by atoms with Gasteiger partial charge in [-0.2, -0.15) is 0 Å². The van der Waals surface area contributed by atoms with Crippen LogP contribution < -0.4 is 10.2 Å². The number of carbonyl (C=O) groups is 4. The number of esters is 2. The number of carboxylic acids is 2. The van der Waals surface area contributed by atoms with Gasteiger partial charge in [-0.15, -0.1) is 0 Å². The zero-order valence-corrected chi connectivity index (χ0v) is 45.5. The van der Waals surface area contributed by atoms with E-state index >= 15 is 0 Å². The summed E-state index contributed by atoms with van der Waals surface area (Å²) in [5.41, 5.74) is 2.20. The van der Waals surface area contributed by atoms with Gasteiger partial charge in [-0.25, -0.2) is 0 Å². The second-order valence-electron chi connectivity index (χ2n) is 17.5. The van der Waals surface area contributed by atoms with E-state index in [1.807, 2.05) is 60.7 Å². The van der Waals surface area contributed by atoms with E-state index in [4.69, 9.17) is 18.9 Å². The summed E-state index contributed by atoms with van der Waals surface area (Å²) in [6.07, 6.45) is 27.2. The van der Waals surface area contributed by atoms with Gasteiger partial charge in [0.15, 0.2) is 0 Å². The van der Waals surface area contributed by atoms with Gasteiger partial charge in [0, 0.05) is 25.8 Å². The zero-order chi connectivity index (χ0) is 46.9. The Kier molecular flexibility index (Phi) is 42.8. The average molecular weight is 1030 g/mol. The smallest absolute Gasteiger partial charge is 0.550 e. The Hall–Kier alpha value is -2.19. The Morgan fingerprint density at radius 2 is 0.692 bits per heavy atom. The molecule has 4 atom stereocenters. The van der Waals surface area contributed by atoms with Gasteiger partial charge in [0.1, 0.15) is 12.2 Å². The fraction of sp³-hybridized carbons (Fsp3) is 0.704. The van der Waals surface area contributed by atoms with Crippen LogP contribution >= 0.6 is 0 Å². The molecule has 0 spiro atoms. The van der Waals surface area contributed by atoms with Crippen molar-refractivity contribution < 1.29 is 48.3 Å². The Labute approximate surface area is 434 Å². The van der Waals surface area contributed by atoms with Crippen molar-refractivity contribution in [1.82, 2.24) is 0 Å². The van der Waals surface area contributed by atoms with Crippen LogP contribution in [0.15, 0.2) is 60.7 Å². The van der Waals surface area contributed by atoms with Crippen LogP contribution in [0.2, 0.25) is 0 Å². The molecule has 0 aliphatic rings. The number of ether oxygens (including phenoxy) is 4. The predicted octanol–water partition coefficient (Wildman–Crippen LogP) is 11.1. The van der Waals surface area contributed by atoms with E-state index in [2.05, 4.69) is 13.8 Å². The van der Waals surface area contributed by atoms with Crippen molar-refractivity contribution in [2.75, 3.05) is 0 Å². The Morgan fingerprint density at radius 3 is 0.969 bits per heavy atom. The van der Waals surface area contributed by atoms with Crippen LogP contribution in [0.5, 0.6) is 0 Å². The number of carboxylic acid groups (broad SMARTS) is 2. The molecule has 11 heteroatoms. The molecule has 2 aromatic carbocycles. The summed E-state index contributed by atoms with van der Waals surface area (Å²) in [6, 6.07) is 19.9. The van der Waals surface area contributed by atoms with E-state index in [-0.39, 0.29) is 98.1 Å². The van der Waals surface area contributed by atoms with Crippen molar-refractivity contribution in [3.05, 3.63) is 71.8 Å². The van der Waals surface area contributed by atoms with Crippen LogP contribution in [0.1, 0.15) is 219 Å². The van der Waals surface area contributed by atoms with Crippen molar-refractivity contribution in [3.63, 3.8) is 0 Å². The number of unbranched alkanes of at least 4 members (excludes halogenated alkanes) is 14. The van der Waals surface area contributed by atoms with Crippen molar-refractivity contribution in [3.8, 4) is 0 Å². The first-order chi connectivity index (χ1) is 31.0. The summed E-state index contributed by atoms with van der Waals surface area (Å²) in [6.45, 7) is 8.41. The normalized spacial score (nSPS) is 12.7. The van der Waals surface area contributed by atoms with Crippen LogP contribution in [0.4, 0.5) is 0 Å². The maximum absolute atomic E-state index is 11.3. The summed E-state index contributed by atoms with van der Waals surface area (Å²) in [5.74, 6) is -2.39. The molecular weight excluding hydrogens is 946 g/mol. The molecule has 2 rings (SSSR count). The molecule has 0 bridgehead atoms. The predicted molar refractivity (Wildman–Crippen MR) is 258 cm³/mol. The standard InChI is InChI=1S/2C27H44O5.Ba/c2*1-3-4-5-12-18-26(32-23(2)28)19-14-8-6-7-13-17-25(20-21-27(29)30)31-22-24-15-10-9-11-16-24;/h2*9-11,15-16,25-26H,3-8,12-14,17-22H2,1-2H3,(H,29,30);/q;;+2/p-2. The van der Waals surface area contributed by atoms with E-state index in [1.54, 1.807) is 0 Å². The summed E-state index contributed by atoms with van der Waals surface area (Å²) >= 11 is 0. The molecule has 4 unspecified atom stereocenters. The summed E-state index contributed by atoms with van der Waals surface area (Å²) in [5, 5.41) is 21.7. The van der Waals surface area contributed by atoms with E-state index in [0.717, 1.165) is 127 Å². The molecule has 0 saturated carbocycles. The Balaban J connectivity index is 0.00000124. The Bertz CT molecular complexity index is 1320. The molecule has 0 radical (unpaired) electrons. The van der Waals surface area contributed by atoms with E-state index < -0.39 is 11.9 Å². The van der Waals surface area contributed by atoms with Crippen molar-refractivity contribution >= 4 is 72.8 Å². The Morgan fingerprint density at radius 1 is 0.415 bits per heavy atom. The summed E-state index contributed by atoms with van der Waals surface area (Å²) < 4.78 is 23.0. The van der Waals surface area contributed by atoms with E-state index in [1.165, 1.54) is 52.4 Å². The SMILES string of the molecule is CCCCCCC(CCCCCCCC(CCC(=O)[O-])OCc1ccccc1)OC(C)=O.CCCCCCC(CCCCCCCC(CCC(=O)[O-])OCc1ccccc1)OC(C)=O.[Ba+2]. The monoisotopic (exact) mass is 1030 g/mol.